The van der Waals surface area contributed by atoms with Crippen molar-refractivity contribution >= 4 is 22.8 Å². The van der Waals surface area contributed by atoms with Gasteiger partial charge in [0.25, 0.3) is 5.91 Å². The number of hydrogen-bond donors (Lipinski definition) is 5. The van der Waals surface area contributed by atoms with Crippen LogP contribution in [0.2, 0.25) is 0 Å². The van der Waals surface area contributed by atoms with Gasteiger partial charge in [-0.2, -0.15) is 0 Å². The van der Waals surface area contributed by atoms with E-state index in [2.05, 4.69) is 0 Å². The van der Waals surface area contributed by atoms with Crippen LogP contribution in [0.1, 0.15) is 27.6 Å². The summed E-state index contributed by atoms with van der Waals surface area (Å²) in [6.45, 7) is 0. The molecule has 3 aromatic rings. The van der Waals surface area contributed by atoms with E-state index in [1.165, 1.54) is 24.3 Å². The molecule has 1 unspecified atom stereocenters. The van der Waals surface area contributed by atoms with Gasteiger partial charge < -0.3 is 30.6 Å². The maximum atomic E-state index is 12.7. The predicted octanol–water partition coefficient (Wildman–Crippen LogP) is 1.23. The maximum absolute atomic E-state index is 12.7. The van der Waals surface area contributed by atoms with Gasteiger partial charge in [-0.3, -0.25) is 14.4 Å². The van der Waals surface area contributed by atoms with Gasteiger partial charge in [0.2, 0.25) is 5.43 Å². The lowest BCUT2D eigenvalue weighted by Crippen LogP contribution is -2.27. The normalized spacial score (nSPS) is 12.0. The first-order valence-electron chi connectivity index (χ1n) is 7.55. The number of carboxylic acids is 1. The van der Waals surface area contributed by atoms with E-state index >= 15 is 0 Å². The Morgan fingerprint density at radius 2 is 1.59 bits per heavy atom. The van der Waals surface area contributed by atoms with Crippen molar-refractivity contribution in [3.8, 4) is 17.2 Å². The first-order chi connectivity index (χ1) is 12.7. The third-order valence-electron chi connectivity index (χ3n) is 4.00. The topological polar surface area (TPSA) is 171 Å². The highest BCUT2D eigenvalue weighted by molar-refractivity contribution is 5.99. The van der Waals surface area contributed by atoms with Crippen molar-refractivity contribution in [3.63, 3.8) is 0 Å². The Bertz CT molecular complexity index is 1130. The number of hydrogen-bond acceptors (Lipinski definition) is 7. The quantitative estimate of drug-likeness (QED) is 0.426. The lowest BCUT2D eigenvalue weighted by atomic mass is 9.92. The number of carboxylic acid groups (broad SMARTS) is 1. The van der Waals surface area contributed by atoms with Crippen LogP contribution in [-0.2, 0) is 4.79 Å². The average molecular weight is 371 g/mol. The zero-order chi connectivity index (χ0) is 19.9. The maximum Gasteiger partial charge on any atom is 0.318 e. The first kappa shape index (κ1) is 17.8. The fraction of sp³-hybridized carbons (Fsp3) is 0.0556. The number of rotatable bonds is 4. The van der Waals surface area contributed by atoms with Gasteiger partial charge in [0.05, 0.1) is 5.39 Å². The second-order valence-electron chi connectivity index (χ2n) is 5.73. The van der Waals surface area contributed by atoms with Crippen LogP contribution < -0.4 is 11.2 Å². The molecule has 0 bridgehead atoms. The number of aliphatic carboxylic acids is 1. The minimum Gasteiger partial charge on any atom is -0.508 e. The second kappa shape index (κ2) is 6.37. The number of nitrogens with two attached hydrogens (primary N) is 1. The summed E-state index contributed by atoms with van der Waals surface area (Å²) >= 11 is 0. The molecule has 0 aliphatic heterocycles. The summed E-state index contributed by atoms with van der Waals surface area (Å²) in [6.07, 6.45) is 0. The Labute approximate surface area is 150 Å². The molecule has 3 rings (SSSR count). The van der Waals surface area contributed by atoms with Crippen LogP contribution in [0.4, 0.5) is 0 Å². The van der Waals surface area contributed by atoms with Crippen LogP contribution >= 0.6 is 0 Å². The average Bonchev–Trinajstić information content (AvgIpc) is 2.58. The molecule has 138 valence electrons. The molecule has 0 radical (unpaired) electrons. The first-order valence-corrected chi connectivity index (χ1v) is 7.55. The second-order valence-corrected chi connectivity index (χ2v) is 5.73. The summed E-state index contributed by atoms with van der Waals surface area (Å²) in [4.78, 5) is 36.4. The van der Waals surface area contributed by atoms with E-state index in [0.717, 1.165) is 12.1 Å². The predicted molar refractivity (Wildman–Crippen MR) is 91.9 cm³/mol. The van der Waals surface area contributed by atoms with E-state index in [9.17, 15) is 34.8 Å². The molecule has 9 heteroatoms. The number of phenols is 3. The minimum atomic E-state index is -1.58. The van der Waals surface area contributed by atoms with Crippen molar-refractivity contribution in [2.45, 2.75) is 5.92 Å². The highest BCUT2D eigenvalue weighted by Crippen LogP contribution is 2.34. The number of fused-ring (bicyclic) bond motifs is 1. The fourth-order valence-corrected chi connectivity index (χ4v) is 2.75. The van der Waals surface area contributed by atoms with Crippen molar-refractivity contribution in [1.82, 2.24) is 0 Å². The highest BCUT2D eigenvalue weighted by atomic mass is 16.4. The zero-order valence-electron chi connectivity index (χ0n) is 13.5. The molecule has 27 heavy (non-hydrogen) atoms. The van der Waals surface area contributed by atoms with Gasteiger partial charge in [-0.25, -0.2) is 0 Å². The smallest absolute Gasteiger partial charge is 0.318 e. The molecule has 0 aliphatic carbocycles. The number of carbonyl (C=O) groups is 2. The summed E-state index contributed by atoms with van der Waals surface area (Å²) in [6, 6.07) is 6.87. The van der Waals surface area contributed by atoms with E-state index in [1.54, 1.807) is 0 Å². The van der Waals surface area contributed by atoms with E-state index in [0.29, 0.717) is 0 Å². The van der Waals surface area contributed by atoms with Gasteiger partial charge in [0, 0.05) is 6.07 Å². The molecule has 1 atom stereocenters. The fourth-order valence-electron chi connectivity index (χ4n) is 2.75. The highest BCUT2D eigenvalue weighted by Gasteiger charge is 2.32. The summed E-state index contributed by atoms with van der Waals surface area (Å²) in [5.74, 6) is -6.08. The number of carbonyl (C=O) groups excluding carboxylic acids is 1. The SMILES string of the molecule is NC(=O)c1c(C(C(=O)O)c2ccc(O)cc2)oc2cc(O)c(O)cc2c1=O. The summed E-state index contributed by atoms with van der Waals surface area (Å²) < 4.78 is 5.46. The van der Waals surface area contributed by atoms with E-state index in [-0.39, 0.29) is 22.3 Å². The minimum absolute atomic E-state index is 0.113. The van der Waals surface area contributed by atoms with Gasteiger partial charge >= 0.3 is 5.97 Å². The van der Waals surface area contributed by atoms with Crippen LogP contribution in [0.3, 0.4) is 0 Å². The van der Waals surface area contributed by atoms with Gasteiger partial charge in [-0.05, 0) is 23.8 Å². The Balaban J connectivity index is 2.40. The molecule has 1 amide bonds. The molecule has 0 saturated heterocycles. The monoisotopic (exact) mass is 371 g/mol. The van der Waals surface area contributed by atoms with E-state index in [4.69, 9.17) is 10.2 Å². The summed E-state index contributed by atoms with van der Waals surface area (Å²) in [5, 5.41) is 38.0. The Hall–Kier alpha value is -4.01. The largest absolute Gasteiger partial charge is 0.508 e. The molecule has 2 aromatic carbocycles. The third kappa shape index (κ3) is 3.01. The van der Waals surface area contributed by atoms with E-state index < -0.39 is 46.0 Å². The molecule has 0 aliphatic rings. The molecular formula is C18H13NO8. The van der Waals surface area contributed by atoms with Crippen LogP contribution in [0.25, 0.3) is 11.0 Å². The summed E-state index contributed by atoms with van der Waals surface area (Å²) in [7, 11) is 0. The lowest BCUT2D eigenvalue weighted by molar-refractivity contribution is -0.138. The Kier molecular flexibility index (Phi) is 4.20. The van der Waals surface area contributed by atoms with Crippen molar-refractivity contribution in [3.05, 3.63) is 63.5 Å². The number of benzene rings is 2. The molecule has 9 nitrogen and oxygen atoms in total. The standard InChI is InChI=1S/C18H13NO8/c19-17(24)14-15(23)9-5-10(21)11(22)6-12(9)27-16(14)13(18(25)26)7-1-3-8(20)4-2-7/h1-6,13,20-22H,(H2,19,24)(H,25,26). The molecule has 1 heterocycles. The zero-order valence-corrected chi connectivity index (χ0v) is 13.5. The number of amides is 1. The van der Waals surface area contributed by atoms with Gasteiger partial charge in [-0.1, -0.05) is 12.1 Å². The molecule has 0 fully saturated rings. The van der Waals surface area contributed by atoms with Gasteiger partial charge in [0.1, 0.15) is 28.6 Å². The lowest BCUT2D eigenvalue weighted by Gasteiger charge is -2.15. The molecule has 6 N–H and O–H groups in total. The molecule has 0 saturated carbocycles. The van der Waals surface area contributed by atoms with Crippen molar-refractivity contribution in [2.24, 2.45) is 5.73 Å². The van der Waals surface area contributed by atoms with Crippen LogP contribution in [0.5, 0.6) is 17.2 Å². The summed E-state index contributed by atoms with van der Waals surface area (Å²) in [5.41, 5.74) is 3.52. The molecule has 1 aromatic heterocycles. The Morgan fingerprint density at radius 3 is 2.15 bits per heavy atom. The number of aromatic hydroxyl groups is 3. The van der Waals surface area contributed by atoms with Crippen LogP contribution in [0.15, 0.2) is 45.6 Å². The van der Waals surface area contributed by atoms with E-state index in [1.807, 2.05) is 0 Å². The third-order valence-corrected chi connectivity index (χ3v) is 4.00. The molecule has 0 spiro atoms. The van der Waals surface area contributed by atoms with Gasteiger partial charge in [-0.15, -0.1) is 0 Å². The number of primary amides is 1. The van der Waals surface area contributed by atoms with Gasteiger partial charge in [0.15, 0.2) is 11.5 Å². The molecular weight excluding hydrogens is 358 g/mol. The van der Waals surface area contributed by atoms with Crippen molar-refractivity contribution in [2.75, 3.05) is 0 Å². The number of phenolic OH excluding ortho intramolecular Hbond substituents is 3. The van der Waals surface area contributed by atoms with Crippen molar-refractivity contribution in [1.29, 1.82) is 0 Å². The Morgan fingerprint density at radius 1 is 1.00 bits per heavy atom. The van der Waals surface area contributed by atoms with Crippen molar-refractivity contribution < 1.29 is 34.4 Å². The van der Waals surface area contributed by atoms with Crippen LogP contribution in [0, 0.1) is 0 Å². The van der Waals surface area contributed by atoms with Crippen LogP contribution in [-0.4, -0.2) is 32.3 Å².